The van der Waals surface area contributed by atoms with Crippen molar-refractivity contribution >= 4 is 71.4 Å². The summed E-state index contributed by atoms with van der Waals surface area (Å²) in [6, 6.07) is 75.1. The molecule has 0 aliphatic heterocycles. The summed E-state index contributed by atoms with van der Waals surface area (Å²) in [7, 11) is -3.80. The summed E-state index contributed by atoms with van der Waals surface area (Å²) in [5.41, 5.74) is 16.2. The van der Waals surface area contributed by atoms with Crippen molar-refractivity contribution in [2.24, 2.45) is 0 Å². The second-order valence-electron chi connectivity index (χ2n) is 19.9. The zero-order chi connectivity index (χ0) is 46.2. The predicted molar refractivity (Wildman–Crippen MR) is 285 cm³/mol. The number of nitriles is 2. The van der Waals surface area contributed by atoms with Gasteiger partial charge >= 0.3 is 0 Å². The average molecular weight is 895 g/mol. The molecule has 0 fully saturated rings. The molecule has 1 spiro atoms. The Morgan fingerprint density at radius 1 is 0.373 bits per heavy atom. The van der Waals surface area contributed by atoms with Crippen LogP contribution in [0.2, 0.25) is 39.3 Å². The molecule has 0 saturated carbocycles. The Morgan fingerprint density at radius 3 is 1.39 bits per heavy atom. The molecule has 0 atom stereocenters. The van der Waals surface area contributed by atoms with Crippen molar-refractivity contribution in [1.29, 1.82) is 10.5 Å². The summed E-state index contributed by atoms with van der Waals surface area (Å²) in [4.78, 5) is 4.70. The first-order valence-electron chi connectivity index (χ1n) is 23.1. The van der Waals surface area contributed by atoms with Crippen LogP contribution in [-0.4, -0.2) is 16.1 Å². The number of para-hydroxylation sites is 4. The van der Waals surface area contributed by atoms with E-state index in [1.807, 2.05) is 36.4 Å². The molecule has 0 heterocycles. The van der Waals surface area contributed by atoms with Crippen molar-refractivity contribution in [3.8, 4) is 34.4 Å². The molecule has 0 radical (unpaired) electrons. The van der Waals surface area contributed by atoms with Crippen molar-refractivity contribution in [3.05, 3.63) is 228 Å². The van der Waals surface area contributed by atoms with Crippen LogP contribution in [0.4, 0.5) is 34.1 Å². The molecule has 322 valence electrons. The van der Waals surface area contributed by atoms with Crippen molar-refractivity contribution in [2.75, 3.05) is 9.80 Å². The van der Waals surface area contributed by atoms with Gasteiger partial charge in [0.2, 0.25) is 0 Å². The molecule has 0 N–H and O–H groups in total. The molecular weight excluding hydrogens is 845 g/mol. The number of benzene rings is 9. The monoisotopic (exact) mass is 894 g/mol. The molecule has 0 saturated heterocycles. The Balaban J connectivity index is 1.27. The Hall–Kier alpha value is -7.75. The van der Waals surface area contributed by atoms with Crippen molar-refractivity contribution in [1.82, 2.24) is 0 Å². The first-order valence-corrected chi connectivity index (χ1v) is 30.1. The Kier molecular flexibility index (Phi) is 9.83. The van der Waals surface area contributed by atoms with Gasteiger partial charge in [0.1, 0.15) is 12.1 Å². The standard InChI is InChI=1S/C61H50N4Si2/c1-66(2,3)58-32-17-15-30-56(58)64(53-28-13-7-20-41(53)39-62)43-34-35-46-47-36-37-55(65(54-29-14-8-21-42(54)40-63)57-31-16-18-33-59(57)67(4,5)6)48-24-19-27-51(60(47)48)61(52(46)38-43)49-25-11-9-22-44(49)45-23-10-12-26-50(45)61/h7-38H,1-6H3. The second-order valence-corrected chi connectivity index (χ2v) is 30.0. The van der Waals surface area contributed by atoms with Gasteiger partial charge in [-0.05, 0) is 115 Å². The molecule has 11 rings (SSSR count). The largest absolute Gasteiger partial charge is 0.309 e. The van der Waals surface area contributed by atoms with E-state index in [2.05, 4.69) is 219 Å². The number of hydrogen-bond donors (Lipinski definition) is 0. The summed E-state index contributed by atoms with van der Waals surface area (Å²) >= 11 is 0. The molecule has 9 aromatic rings. The molecule has 0 amide bonds. The lowest BCUT2D eigenvalue weighted by Crippen LogP contribution is -2.40. The lowest BCUT2D eigenvalue weighted by molar-refractivity contribution is 0.773. The van der Waals surface area contributed by atoms with E-state index in [1.54, 1.807) is 0 Å². The molecule has 0 aromatic heterocycles. The van der Waals surface area contributed by atoms with Crippen LogP contribution in [0.5, 0.6) is 0 Å². The average Bonchev–Trinajstić information content (AvgIpc) is 3.64. The Morgan fingerprint density at radius 2 is 0.821 bits per heavy atom. The summed E-state index contributed by atoms with van der Waals surface area (Å²) in [5.74, 6) is 0. The quantitative estimate of drug-likeness (QED) is 0.143. The maximum Gasteiger partial charge on any atom is 0.101 e. The van der Waals surface area contributed by atoms with Crippen molar-refractivity contribution in [3.63, 3.8) is 0 Å². The van der Waals surface area contributed by atoms with E-state index >= 15 is 0 Å². The highest BCUT2D eigenvalue weighted by Crippen LogP contribution is 2.63. The van der Waals surface area contributed by atoms with Crippen molar-refractivity contribution in [2.45, 2.75) is 44.7 Å². The first kappa shape index (κ1) is 41.9. The minimum absolute atomic E-state index is 0.623. The van der Waals surface area contributed by atoms with Crippen LogP contribution in [0.25, 0.3) is 33.0 Å². The van der Waals surface area contributed by atoms with Crippen LogP contribution < -0.4 is 20.2 Å². The highest BCUT2D eigenvalue weighted by molar-refractivity contribution is 6.90. The zero-order valence-corrected chi connectivity index (χ0v) is 40.8. The molecule has 0 bridgehead atoms. The molecule has 2 aliphatic rings. The van der Waals surface area contributed by atoms with E-state index in [4.69, 9.17) is 0 Å². The highest BCUT2D eigenvalue weighted by Gasteiger charge is 2.50. The smallest absolute Gasteiger partial charge is 0.101 e. The van der Waals surface area contributed by atoms with Gasteiger partial charge in [-0.25, -0.2) is 0 Å². The summed E-state index contributed by atoms with van der Waals surface area (Å²) in [6.45, 7) is 14.4. The van der Waals surface area contributed by atoms with E-state index in [9.17, 15) is 10.5 Å². The van der Waals surface area contributed by atoms with Gasteiger partial charge in [-0.15, -0.1) is 0 Å². The van der Waals surface area contributed by atoms with Crippen LogP contribution in [0, 0.1) is 22.7 Å². The van der Waals surface area contributed by atoms with E-state index in [1.165, 1.54) is 60.3 Å². The number of nitrogens with zero attached hydrogens (tertiary/aromatic N) is 4. The summed E-state index contributed by atoms with van der Waals surface area (Å²) < 4.78 is 0. The number of anilines is 6. The minimum atomic E-state index is -1.90. The van der Waals surface area contributed by atoms with Crippen LogP contribution in [0.3, 0.4) is 0 Å². The van der Waals surface area contributed by atoms with Crippen LogP contribution >= 0.6 is 0 Å². The van der Waals surface area contributed by atoms with Gasteiger partial charge in [0.05, 0.1) is 49.8 Å². The fourth-order valence-corrected chi connectivity index (χ4v) is 14.3. The molecule has 67 heavy (non-hydrogen) atoms. The number of rotatable bonds is 8. The first-order chi connectivity index (χ1) is 32.5. The van der Waals surface area contributed by atoms with Gasteiger partial charge < -0.3 is 9.80 Å². The molecule has 6 heteroatoms. The SMILES string of the molecule is C[Si](C)(C)c1ccccc1N(c1ccc2c(c1)C1(c3ccccc3-c3ccccc31)c1cccc3c(N(c4ccccc4C#N)c4ccccc4[Si](C)(C)C)ccc-2c13)c1ccccc1C#N. The topological polar surface area (TPSA) is 54.1 Å². The van der Waals surface area contributed by atoms with Crippen molar-refractivity contribution < 1.29 is 0 Å². The molecular formula is C61H50N4Si2. The fourth-order valence-electron chi connectivity index (χ4n) is 11.2. The maximum atomic E-state index is 10.7. The summed E-state index contributed by atoms with van der Waals surface area (Å²) in [5, 5.41) is 26.3. The van der Waals surface area contributed by atoms with Crippen LogP contribution in [0.15, 0.2) is 194 Å². The third-order valence-corrected chi connectivity index (χ3v) is 18.1. The predicted octanol–water partition coefficient (Wildman–Crippen LogP) is 15.0. The Bertz CT molecular complexity index is 3520. The van der Waals surface area contributed by atoms with E-state index in [0.29, 0.717) is 11.1 Å². The van der Waals surface area contributed by atoms with Gasteiger partial charge in [0.15, 0.2) is 0 Å². The van der Waals surface area contributed by atoms with E-state index < -0.39 is 21.6 Å². The molecule has 4 nitrogen and oxygen atoms in total. The second kappa shape index (κ2) is 15.7. The van der Waals surface area contributed by atoms with Crippen LogP contribution in [-0.2, 0) is 5.41 Å². The highest BCUT2D eigenvalue weighted by atomic mass is 28.3. The lowest BCUT2D eigenvalue weighted by Gasteiger charge is -2.42. The molecule has 9 aromatic carbocycles. The third-order valence-electron chi connectivity index (χ3n) is 14.0. The number of fused-ring (bicyclic) bond motifs is 9. The minimum Gasteiger partial charge on any atom is -0.309 e. The van der Waals surface area contributed by atoms with Gasteiger partial charge in [0.25, 0.3) is 0 Å². The van der Waals surface area contributed by atoms with Gasteiger partial charge in [-0.3, -0.25) is 0 Å². The van der Waals surface area contributed by atoms with Gasteiger partial charge in [-0.1, -0.05) is 179 Å². The van der Waals surface area contributed by atoms with E-state index in [0.717, 1.165) is 39.5 Å². The maximum absolute atomic E-state index is 10.7. The van der Waals surface area contributed by atoms with Gasteiger partial charge in [-0.2, -0.15) is 10.5 Å². The lowest BCUT2D eigenvalue weighted by atomic mass is 9.61. The van der Waals surface area contributed by atoms with Gasteiger partial charge in [0, 0.05) is 22.4 Å². The molecule has 2 aliphatic carbocycles. The normalized spacial score (nSPS) is 13.0. The zero-order valence-electron chi connectivity index (χ0n) is 38.8. The van der Waals surface area contributed by atoms with Crippen LogP contribution in [0.1, 0.15) is 33.4 Å². The number of hydrogen-bond acceptors (Lipinski definition) is 4. The fraction of sp³-hybridized carbons (Fsp3) is 0.115. The Labute approximate surface area is 396 Å². The summed E-state index contributed by atoms with van der Waals surface area (Å²) in [6.07, 6.45) is 0. The van der Waals surface area contributed by atoms with E-state index in [-0.39, 0.29) is 0 Å². The third kappa shape index (κ3) is 6.36. The molecule has 0 unspecified atom stereocenters.